The summed E-state index contributed by atoms with van der Waals surface area (Å²) in [4.78, 5) is 15.6. The molecule has 0 radical (unpaired) electrons. The van der Waals surface area contributed by atoms with E-state index in [0.29, 0.717) is 12.0 Å². The van der Waals surface area contributed by atoms with Gasteiger partial charge < -0.3 is 0 Å². The SMILES string of the molecule is Cc1c(-c2ccc(F)c(C=O)n2)sc2ccc(F)cc12. The number of nitrogens with zero attached hydrogens (tertiary/aromatic N) is 1. The molecule has 0 N–H and O–H groups in total. The fraction of sp³-hybridized carbons (Fsp3) is 0.0667. The lowest BCUT2D eigenvalue weighted by atomic mass is 10.1. The molecule has 0 amide bonds. The van der Waals surface area contributed by atoms with Crippen LogP contribution in [0.25, 0.3) is 20.7 Å². The van der Waals surface area contributed by atoms with Gasteiger partial charge in [-0.1, -0.05) is 0 Å². The Balaban J connectivity index is 2.24. The first kappa shape index (κ1) is 12.9. The summed E-state index contributed by atoms with van der Waals surface area (Å²) in [5.41, 5.74) is 1.18. The number of carbonyl (C=O) groups is 1. The minimum absolute atomic E-state index is 0.217. The van der Waals surface area contributed by atoms with Crippen LogP contribution in [0, 0.1) is 18.6 Å². The van der Waals surface area contributed by atoms with Crippen molar-refractivity contribution in [3.05, 3.63) is 53.2 Å². The number of benzene rings is 1. The lowest BCUT2D eigenvalue weighted by Gasteiger charge is -2.01. The maximum Gasteiger partial charge on any atom is 0.171 e. The molecule has 3 rings (SSSR count). The molecule has 0 saturated heterocycles. The molecule has 3 aromatic rings. The summed E-state index contributed by atoms with van der Waals surface area (Å²) in [6.07, 6.45) is 0.390. The highest BCUT2D eigenvalue weighted by molar-refractivity contribution is 7.22. The summed E-state index contributed by atoms with van der Waals surface area (Å²) in [6.45, 7) is 1.86. The Labute approximate surface area is 117 Å². The van der Waals surface area contributed by atoms with Crippen molar-refractivity contribution in [2.24, 2.45) is 0 Å². The molecule has 0 aliphatic carbocycles. The van der Waals surface area contributed by atoms with Crippen LogP contribution in [-0.2, 0) is 0 Å². The van der Waals surface area contributed by atoms with Crippen molar-refractivity contribution >= 4 is 27.7 Å². The monoisotopic (exact) mass is 289 g/mol. The summed E-state index contributed by atoms with van der Waals surface area (Å²) in [7, 11) is 0. The van der Waals surface area contributed by atoms with E-state index in [1.165, 1.54) is 35.6 Å². The van der Waals surface area contributed by atoms with Gasteiger partial charge in [0.15, 0.2) is 12.1 Å². The highest BCUT2D eigenvalue weighted by atomic mass is 32.1. The first-order valence-corrected chi connectivity index (χ1v) is 6.72. The molecule has 0 atom stereocenters. The predicted molar refractivity (Wildman–Crippen MR) is 75.1 cm³/mol. The summed E-state index contributed by atoms with van der Waals surface area (Å²) < 4.78 is 27.5. The molecule has 0 spiro atoms. The van der Waals surface area contributed by atoms with E-state index < -0.39 is 5.82 Å². The first-order chi connectivity index (χ1) is 9.60. The van der Waals surface area contributed by atoms with E-state index in [1.54, 1.807) is 6.07 Å². The van der Waals surface area contributed by atoms with E-state index in [4.69, 9.17) is 0 Å². The van der Waals surface area contributed by atoms with Gasteiger partial charge in [0.2, 0.25) is 0 Å². The molecule has 0 aliphatic heterocycles. The molecule has 2 nitrogen and oxygen atoms in total. The number of rotatable bonds is 2. The third kappa shape index (κ3) is 2.00. The smallest absolute Gasteiger partial charge is 0.171 e. The quantitative estimate of drug-likeness (QED) is 0.656. The van der Waals surface area contributed by atoms with Crippen molar-refractivity contribution in [3.63, 3.8) is 0 Å². The molecule has 0 bridgehead atoms. The number of hydrogen-bond donors (Lipinski definition) is 0. The van der Waals surface area contributed by atoms with Gasteiger partial charge in [0.05, 0.1) is 10.6 Å². The number of pyridine rings is 1. The van der Waals surface area contributed by atoms with Crippen LogP contribution < -0.4 is 0 Å². The number of thiophene rings is 1. The number of hydrogen-bond acceptors (Lipinski definition) is 3. The summed E-state index contributed by atoms with van der Waals surface area (Å²) in [5.74, 6) is -0.945. The Bertz CT molecular complexity index is 826. The van der Waals surface area contributed by atoms with Crippen LogP contribution in [0.5, 0.6) is 0 Å². The Morgan fingerprint density at radius 3 is 2.75 bits per heavy atom. The Hall–Kier alpha value is -2.14. The van der Waals surface area contributed by atoms with Gasteiger partial charge in [-0.25, -0.2) is 13.8 Å². The van der Waals surface area contributed by atoms with Crippen LogP contribution in [0.15, 0.2) is 30.3 Å². The van der Waals surface area contributed by atoms with E-state index in [2.05, 4.69) is 4.98 Å². The van der Waals surface area contributed by atoms with Gasteiger partial charge in [-0.15, -0.1) is 11.3 Å². The maximum absolute atomic E-state index is 13.3. The molecule has 1 aromatic carbocycles. The number of aryl methyl sites for hydroxylation is 1. The molecule has 0 saturated carbocycles. The van der Waals surface area contributed by atoms with Crippen molar-refractivity contribution < 1.29 is 13.6 Å². The van der Waals surface area contributed by atoms with E-state index in [9.17, 15) is 13.6 Å². The van der Waals surface area contributed by atoms with Crippen molar-refractivity contribution in [3.8, 4) is 10.6 Å². The Kier molecular flexibility index (Phi) is 3.06. The standard InChI is InChI=1S/C15H9F2NOS/c1-8-10-6-9(16)2-5-14(10)20-15(8)12-4-3-11(17)13(7-19)18-12/h2-7H,1H3. The zero-order chi connectivity index (χ0) is 14.3. The number of carbonyl (C=O) groups excluding carboxylic acids is 1. The topological polar surface area (TPSA) is 30.0 Å². The molecule has 0 unspecified atom stereocenters. The van der Waals surface area contributed by atoms with Crippen LogP contribution >= 0.6 is 11.3 Å². The Morgan fingerprint density at radius 2 is 2.00 bits per heavy atom. The second kappa shape index (κ2) is 4.76. The van der Waals surface area contributed by atoms with Gasteiger partial charge >= 0.3 is 0 Å². The second-order valence-corrected chi connectivity index (χ2v) is 5.43. The lowest BCUT2D eigenvalue weighted by Crippen LogP contribution is -1.94. The number of aromatic nitrogens is 1. The van der Waals surface area contributed by atoms with Gasteiger partial charge in [-0.3, -0.25) is 4.79 Å². The lowest BCUT2D eigenvalue weighted by molar-refractivity contribution is 0.111. The van der Waals surface area contributed by atoms with Crippen LogP contribution in [0.4, 0.5) is 8.78 Å². The van der Waals surface area contributed by atoms with Gasteiger partial charge in [0.1, 0.15) is 11.5 Å². The average molecular weight is 289 g/mol. The molecule has 20 heavy (non-hydrogen) atoms. The summed E-state index contributed by atoms with van der Waals surface area (Å²) in [6, 6.07) is 7.31. The van der Waals surface area contributed by atoms with Crippen LogP contribution in [-0.4, -0.2) is 11.3 Å². The molecule has 0 fully saturated rings. The van der Waals surface area contributed by atoms with Gasteiger partial charge in [-0.2, -0.15) is 0 Å². The highest BCUT2D eigenvalue weighted by Crippen LogP contribution is 2.37. The predicted octanol–water partition coefficient (Wildman–Crippen LogP) is 4.36. The van der Waals surface area contributed by atoms with E-state index in [1.807, 2.05) is 6.92 Å². The van der Waals surface area contributed by atoms with Crippen molar-refractivity contribution in [2.75, 3.05) is 0 Å². The molecular formula is C15H9F2NOS. The second-order valence-electron chi connectivity index (χ2n) is 4.38. The van der Waals surface area contributed by atoms with Gasteiger partial charge in [0.25, 0.3) is 0 Å². The fourth-order valence-corrected chi connectivity index (χ4v) is 3.26. The maximum atomic E-state index is 13.3. The van der Waals surface area contributed by atoms with Crippen LogP contribution in [0.2, 0.25) is 0 Å². The number of aldehydes is 1. The van der Waals surface area contributed by atoms with Crippen molar-refractivity contribution in [2.45, 2.75) is 6.92 Å². The number of fused-ring (bicyclic) bond motifs is 1. The Morgan fingerprint density at radius 1 is 1.20 bits per heavy atom. The number of halogens is 2. The largest absolute Gasteiger partial charge is 0.296 e. The average Bonchev–Trinajstić information content (AvgIpc) is 2.77. The van der Waals surface area contributed by atoms with Crippen LogP contribution in [0.1, 0.15) is 16.1 Å². The zero-order valence-corrected chi connectivity index (χ0v) is 11.3. The van der Waals surface area contributed by atoms with Gasteiger partial charge in [0, 0.05) is 4.70 Å². The normalized spacial score (nSPS) is 10.9. The van der Waals surface area contributed by atoms with E-state index in [-0.39, 0.29) is 11.5 Å². The van der Waals surface area contributed by atoms with Crippen molar-refractivity contribution in [1.29, 1.82) is 0 Å². The molecule has 5 heteroatoms. The molecule has 2 aromatic heterocycles. The van der Waals surface area contributed by atoms with E-state index in [0.717, 1.165) is 20.5 Å². The highest BCUT2D eigenvalue weighted by Gasteiger charge is 2.14. The summed E-state index contributed by atoms with van der Waals surface area (Å²) >= 11 is 1.44. The van der Waals surface area contributed by atoms with Crippen molar-refractivity contribution in [1.82, 2.24) is 4.98 Å². The van der Waals surface area contributed by atoms with E-state index >= 15 is 0 Å². The third-order valence-electron chi connectivity index (χ3n) is 3.12. The van der Waals surface area contributed by atoms with Gasteiger partial charge in [-0.05, 0) is 48.2 Å². The minimum Gasteiger partial charge on any atom is -0.296 e. The third-order valence-corrected chi connectivity index (χ3v) is 4.41. The van der Waals surface area contributed by atoms with Crippen LogP contribution in [0.3, 0.4) is 0 Å². The molecule has 100 valence electrons. The first-order valence-electron chi connectivity index (χ1n) is 5.91. The molecule has 0 aliphatic rings. The molecular weight excluding hydrogens is 280 g/mol. The molecule has 2 heterocycles. The summed E-state index contributed by atoms with van der Waals surface area (Å²) in [5, 5.41) is 0.809. The fourth-order valence-electron chi connectivity index (χ4n) is 2.10. The minimum atomic E-state index is -0.645. The zero-order valence-electron chi connectivity index (χ0n) is 10.5.